The molecule has 0 aliphatic rings. The molecule has 0 amide bonds. The standard InChI is InChI=1S/C12H13N3O3S/c1-2-18-10-5-3-4-9(6-10)15-8-13-14-12(15)19-7-11(16)17/h3-6,8H,2,7H2,1H3,(H,16,17). The highest BCUT2D eigenvalue weighted by molar-refractivity contribution is 7.99. The molecule has 19 heavy (non-hydrogen) atoms. The lowest BCUT2D eigenvalue weighted by Crippen LogP contribution is -2.01. The van der Waals surface area contributed by atoms with E-state index in [0.717, 1.165) is 23.2 Å². The third-order valence-corrected chi connectivity index (χ3v) is 3.18. The first-order valence-corrected chi connectivity index (χ1v) is 6.67. The van der Waals surface area contributed by atoms with Crippen LogP contribution in [-0.2, 0) is 4.79 Å². The van der Waals surface area contributed by atoms with E-state index in [1.807, 2.05) is 31.2 Å². The second-order valence-corrected chi connectivity index (χ2v) is 4.54. The van der Waals surface area contributed by atoms with E-state index in [0.29, 0.717) is 11.8 Å². The summed E-state index contributed by atoms with van der Waals surface area (Å²) < 4.78 is 7.16. The van der Waals surface area contributed by atoms with Crippen molar-refractivity contribution < 1.29 is 14.6 Å². The summed E-state index contributed by atoms with van der Waals surface area (Å²) in [6, 6.07) is 7.47. The molecule has 6 nitrogen and oxygen atoms in total. The third-order valence-electron chi connectivity index (χ3n) is 2.25. The molecule has 1 heterocycles. The Morgan fingerprint density at radius 3 is 3.11 bits per heavy atom. The van der Waals surface area contributed by atoms with E-state index >= 15 is 0 Å². The molecular weight excluding hydrogens is 266 g/mol. The number of rotatable bonds is 6. The molecule has 0 fully saturated rings. The SMILES string of the molecule is CCOc1cccc(-n2cnnc2SCC(=O)O)c1. The number of hydrogen-bond acceptors (Lipinski definition) is 5. The summed E-state index contributed by atoms with van der Waals surface area (Å²) in [6.07, 6.45) is 1.55. The summed E-state index contributed by atoms with van der Waals surface area (Å²) in [5.41, 5.74) is 0.837. The molecule has 1 aromatic carbocycles. The fraction of sp³-hybridized carbons (Fsp3) is 0.250. The Bertz CT molecular complexity index is 571. The molecule has 0 spiro atoms. The van der Waals surface area contributed by atoms with Crippen LogP contribution in [-0.4, -0.2) is 38.2 Å². The van der Waals surface area contributed by atoms with Crippen molar-refractivity contribution in [3.63, 3.8) is 0 Å². The maximum atomic E-state index is 10.6. The summed E-state index contributed by atoms with van der Waals surface area (Å²) in [5, 5.41) is 17.0. The Kier molecular flexibility index (Phi) is 4.40. The van der Waals surface area contributed by atoms with Gasteiger partial charge in [-0.15, -0.1) is 10.2 Å². The minimum absolute atomic E-state index is 0.0517. The normalized spacial score (nSPS) is 10.4. The molecule has 0 saturated carbocycles. The van der Waals surface area contributed by atoms with Gasteiger partial charge in [-0.05, 0) is 19.1 Å². The van der Waals surface area contributed by atoms with Crippen LogP contribution in [0.25, 0.3) is 5.69 Å². The van der Waals surface area contributed by atoms with Crippen molar-refractivity contribution in [1.82, 2.24) is 14.8 Å². The lowest BCUT2D eigenvalue weighted by atomic mass is 10.3. The quantitative estimate of drug-likeness (QED) is 0.813. The average Bonchev–Trinajstić information content (AvgIpc) is 2.85. The van der Waals surface area contributed by atoms with Crippen LogP contribution in [0.5, 0.6) is 5.75 Å². The molecule has 1 aromatic heterocycles. The van der Waals surface area contributed by atoms with Crippen molar-refractivity contribution in [2.45, 2.75) is 12.1 Å². The van der Waals surface area contributed by atoms with E-state index in [1.54, 1.807) is 10.9 Å². The molecule has 2 rings (SSSR count). The van der Waals surface area contributed by atoms with Crippen molar-refractivity contribution in [3.05, 3.63) is 30.6 Å². The molecule has 0 unspecified atom stereocenters. The fourth-order valence-electron chi connectivity index (χ4n) is 1.52. The minimum atomic E-state index is -0.886. The van der Waals surface area contributed by atoms with Crippen LogP contribution in [0.2, 0.25) is 0 Å². The van der Waals surface area contributed by atoms with Gasteiger partial charge in [-0.1, -0.05) is 17.8 Å². The Morgan fingerprint density at radius 1 is 1.53 bits per heavy atom. The number of thioether (sulfide) groups is 1. The van der Waals surface area contributed by atoms with Gasteiger partial charge in [0.15, 0.2) is 5.16 Å². The number of carbonyl (C=O) groups is 1. The highest BCUT2D eigenvalue weighted by Crippen LogP contribution is 2.22. The van der Waals surface area contributed by atoms with Crippen LogP contribution in [0.15, 0.2) is 35.7 Å². The van der Waals surface area contributed by atoms with E-state index < -0.39 is 5.97 Å². The van der Waals surface area contributed by atoms with E-state index in [4.69, 9.17) is 9.84 Å². The minimum Gasteiger partial charge on any atom is -0.494 e. The van der Waals surface area contributed by atoms with Crippen LogP contribution in [0.1, 0.15) is 6.92 Å². The Balaban J connectivity index is 2.23. The molecule has 7 heteroatoms. The molecule has 0 aliphatic carbocycles. The van der Waals surface area contributed by atoms with E-state index in [1.165, 1.54) is 0 Å². The van der Waals surface area contributed by atoms with E-state index in [9.17, 15) is 4.79 Å². The summed E-state index contributed by atoms with van der Waals surface area (Å²) in [5.74, 6) is -0.186. The lowest BCUT2D eigenvalue weighted by molar-refractivity contribution is -0.133. The Hall–Kier alpha value is -2.02. The van der Waals surface area contributed by atoms with Gasteiger partial charge in [0.05, 0.1) is 18.0 Å². The predicted molar refractivity (Wildman–Crippen MR) is 70.9 cm³/mol. The number of carboxylic acid groups (broad SMARTS) is 1. The molecule has 2 aromatic rings. The van der Waals surface area contributed by atoms with Gasteiger partial charge < -0.3 is 9.84 Å². The van der Waals surface area contributed by atoms with Gasteiger partial charge in [-0.25, -0.2) is 0 Å². The largest absolute Gasteiger partial charge is 0.494 e. The fourth-order valence-corrected chi connectivity index (χ4v) is 2.17. The van der Waals surface area contributed by atoms with E-state index in [-0.39, 0.29) is 5.75 Å². The van der Waals surface area contributed by atoms with Gasteiger partial charge in [0.1, 0.15) is 12.1 Å². The van der Waals surface area contributed by atoms with Crippen molar-refractivity contribution in [2.75, 3.05) is 12.4 Å². The number of aromatic nitrogens is 3. The number of carboxylic acids is 1. The van der Waals surface area contributed by atoms with Gasteiger partial charge in [0.2, 0.25) is 0 Å². The topological polar surface area (TPSA) is 77.2 Å². The van der Waals surface area contributed by atoms with Crippen LogP contribution >= 0.6 is 11.8 Å². The number of hydrogen-bond donors (Lipinski definition) is 1. The zero-order valence-electron chi connectivity index (χ0n) is 10.3. The molecule has 100 valence electrons. The highest BCUT2D eigenvalue weighted by atomic mass is 32.2. The molecule has 0 atom stereocenters. The van der Waals surface area contributed by atoms with Crippen LogP contribution < -0.4 is 4.74 Å². The smallest absolute Gasteiger partial charge is 0.313 e. The zero-order valence-corrected chi connectivity index (χ0v) is 11.1. The molecule has 0 saturated heterocycles. The lowest BCUT2D eigenvalue weighted by Gasteiger charge is -2.08. The number of benzene rings is 1. The second-order valence-electron chi connectivity index (χ2n) is 3.60. The van der Waals surface area contributed by atoms with Crippen LogP contribution in [0.4, 0.5) is 0 Å². The summed E-state index contributed by atoms with van der Waals surface area (Å²) in [7, 11) is 0. The highest BCUT2D eigenvalue weighted by Gasteiger charge is 2.09. The maximum absolute atomic E-state index is 10.6. The molecular formula is C12H13N3O3S. The Morgan fingerprint density at radius 2 is 2.37 bits per heavy atom. The average molecular weight is 279 g/mol. The molecule has 0 radical (unpaired) electrons. The monoisotopic (exact) mass is 279 g/mol. The predicted octanol–water partition coefficient (Wildman–Crippen LogP) is 1.84. The number of ether oxygens (including phenoxy) is 1. The molecule has 0 bridgehead atoms. The van der Waals surface area contributed by atoms with Gasteiger partial charge in [-0.3, -0.25) is 9.36 Å². The number of nitrogens with zero attached hydrogens (tertiary/aromatic N) is 3. The number of aliphatic carboxylic acids is 1. The van der Waals surface area contributed by atoms with Gasteiger partial charge in [-0.2, -0.15) is 0 Å². The summed E-state index contributed by atoms with van der Waals surface area (Å²) in [6.45, 7) is 2.51. The van der Waals surface area contributed by atoms with Gasteiger partial charge in [0.25, 0.3) is 0 Å². The first-order valence-electron chi connectivity index (χ1n) is 5.68. The maximum Gasteiger partial charge on any atom is 0.313 e. The first kappa shape index (κ1) is 13.4. The van der Waals surface area contributed by atoms with Crippen molar-refractivity contribution >= 4 is 17.7 Å². The van der Waals surface area contributed by atoms with Gasteiger partial charge in [0, 0.05) is 6.07 Å². The second kappa shape index (κ2) is 6.24. The van der Waals surface area contributed by atoms with Crippen LogP contribution in [0, 0.1) is 0 Å². The van der Waals surface area contributed by atoms with Gasteiger partial charge >= 0.3 is 5.97 Å². The summed E-state index contributed by atoms with van der Waals surface area (Å²) >= 11 is 1.12. The molecule has 1 N–H and O–H groups in total. The summed E-state index contributed by atoms with van der Waals surface area (Å²) in [4.78, 5) is 10.6. The molecule has 0 aliphatic heterocycles. The van der Waals surface area contributed by atoms with Crippen molar-refractivity contribution in [3.8, 4) is 11.4 Å². The van der Waals surface area contributed by atoms with E-state index in [2.05, 4.69) is 10.2 Å². The third kappa shape index (κ3) is 3.47. The van der Waals surface area contributed by atoms with Crippen molar-refractivity contribution in [2.24, 2.45) is 0 Å². The first-order chi connectivity index (χ1) is 9.20. The van der Waals surface area contributed by atoms with Crippen molar-refractivity contribution in [1.29, 1.82) is 0 Å². The Labute approximate surface area is 114 Å². The van der Waals surface area contributed by atoms with Crippen LogP contribution in [0.3, 0.4) is 0 Å². The zero-order chi connectivity index (χ0) is 13.7.